The second-order valence-electron chi connectivity index (χ2n) is 6.21. The van der Waals surface area contributed by atoms with Crippen LogP contribution in [0, 0.1) is 30.6 Å². The minimum absolute atomic E-state index is 0.00207. The van der Waals surface area contributed by atoms with Crippen LogP contribution >= 0.6 is 0 Å². The summed E-state index contributed by atoms with van der Waals surface area (Å²) in [7, 11) is 0. The molecule has 1 saturated carbocycles. The molecule has 2 nitrogen and oxygen atoms in total. The predicted molar refractivity (Wildman–Crippen MR) is 87.4 cm³/mol. The highest BCUT2D eigenvalue weighted by Gasteiger charge is 2.45. The van der Waals surface area contributed by atoms with Gasteiger partial charge in [0.25, 0.3) is 0 Å². The molecular formula is C19H25NO. The van der Waals surface area contributed by atoms with Gasteiger partial charge in [0, 0.05) is 17.5 Å². The Bertz CT molecular complexity index is 475. The van der Waals surface area contributed by atoms with Gasteiger partial charge in [-0.05, 0) is 50.7 Å². The van der Waals surface area contributed by atoms with Gasteiger partial charge >= 0.3 is 0 Å². The molecule has 4 unspecified atom stereocenters. The molecule has 2 aliphatic rings. The molecule has 0 aromatic rings. The van der Waals surface area contributed by atoms with Gasteiger partial charge in [-0.25, -0.2) is 0 Å². The zero-order valence-electron chi connectivity index (χ0n) is 12.6. The fourth-order valence-electron chi connectivity index (χ4n) is 3.96. The summed E-state index contributed by atoms with van der Waals surface area (Å²) >= 11 is 0. The Balaban J connectivity index is 2.13. The maximum Gasteiger partial charge on any atom is 0.0620 e. The number of hydrogen-bond donors (Lipinski definition) is 2. The summed E-state index contributed by atoms with van der Waals surface area (Å²) in [6, 6.07) is 0.440. The predicted octanol–water partition coefficient (Wildman–Crippen LogP) is 2.80. The molecule has 21 heavy (non-hydrogen) atoms. The Morgan fingerprint density at radius 2 is 1.86 bits per heavy atom. The van der Waals surface area contributed by atoms with Crippen LogP contribution in [0.1, 0.15) is 44.9 Å². The minimum atomic E-state index is -0.296. The summed E-state index contributed by atoms with van der Waals surface area (Å²) in [4.78, 5) is 0. The molecule has 4 atom stereocenters. The smallest absolute Gasteiger partial charge is 0.0620 e. The highest BCUT2D eigenvalue weighted by Crippen LogP contribution is 2.41. The Hall–Kier alpha value is -1.48. The lowest BCUT2D eigenvalue weighted by Gasteiger charge is -2.51. The first kappa shape index (κ1) is 15.9. The summed E-state index contributed by atoms with van der Waals surface area (Å²) in [6.45, 7) is 0. The van der Waals surface area contributed by atoms with Gasteiger partial charge in [0.05, 0.1) is 6.10 Å². The maximum atomic E-state index is 10.4. The number of terminal acetylenes is 2. The number of piperidine rings is 1. The normalized spacial score (nSPS) is 36.8. The van der Waals surface area contributed by atoms with Crippen LogP contribution in [-0.2, 0) is 0 Å². The number of aliphatic hydroxyl groups excluding tert-OH is 1. The molecule has 2 heteroatoms. The molecule has 0 amide bonds. The van der Waals surface area contributed by atoms with E-state index in [4.69, 9.17) is 12.8 Å². The SMILES string of the molecule is C#C/C=C\CC1CCCC2(CCCC(O)C2/C=C/C#C)N1. The van der Waals surface area contributed by atoms with Crippen LogP contribution in [0.25, 0.3) is 0 Å². The highest BCUT2D eigenvalue weighted by molar-refractivity contribution is 5.18. The van der Waals surface area contributed by atoms with Gasteiger partial charge in [-0.3, -0.25) is 0 Å². The molecule has 1 spiro atoms. The molecular weight excluding hydrogens is 258 g/mol. The molecule has 2 fully saturated rings. The van der Waals surface area contributed by atoms with Crippen LogP contribution in [-0.4, -0.2) is 22.8 Å². The number of nitrogens with one attached hydrogen (secondary N) is 1. The van der Waals surface area contributed by atoms with Crippen LogP contribution < -0.4 is 5.32 Å². The third-order valence-corrected chi connectivity index (χ3v) is 4.88. The molecule has 2 rings (SSSR count). The van der Waals surface area contributed by atoms with Gasteiger partial charge in [-0.2, -0.15) is 0 Å². The topological polar surface area (TPSA) is 32.3 Å². The average Bonchev–Trinajstić information content (AvgIpc) is 2.47. The van der Waals surface area contributed by atoms with Gasteiger partial charge in [0.1, 0.15) is 0 Å². The Morgan fingerprint density at radius 3 is 2.57 bits per heavy atom. The van der Waals surface area contributed by atoms with Crippen molar-refractivity contribution in [3.8, 4) is 24.7 Å². The van der Waals surface area contributed by atoms with E-state index in [1.165, 1.54) is 12.8 Å². The van der Waals surface area contributed by atoms with E-state index in [-0.39, 0.29) is 17.6 Å². The van der Waals surface area contributed by atoms with E-state index in [1.807, 2.05) is 6.08 Å². The van der Waals surface area contributed by atoms with Crippen molar-refractivity contribution in [2.45, 2.75) is 62.6 Å². The van der Waals surface area contributed by atoms with Crippen LogP contribution in [0.4, 0.5) is 0 Å². The van der Waals surface area contributed by atoms with Crippen molar-refractivity contribution in [2.24, 2.45) is 5.92 Å². The van der Waals surface area contributed by atoms with E-state index >= 15 is 0 Å². The third-order valence-electron chi connectivity index (χ3n) is 4.88. The number of hydrogen-bond acceptors (Lipinski definition) is 2. The minimum Gasteiger partial charge on any atom is -0.392 e. The van der Waals surface area contributed by atoms with Crippen molar-refractivity contribution >= 4 is 0 Å². The lowest BCUT2D eigenvalue weighted by atomic mass is 9.66. The van der Waals surface area contributed by atoms with Gasteiger partial charge in [-0.1, -0.05) is 30.4 Å². The molecule has 0 aromatic carbocycles. The fourth-order valence-corrected chi connectivity index (χ4v) is 3.96. The van der Waals surface area contributed by atoms with E-state index < -0.39 is 0 Å². The second kappa shape index (κ2) is 7.51. The molecule has 1 heterocycles. The maximum absolute atomic E-state index is 10.4. The molecule has 0 bridgehead atoms. The quantitative estimate of drug-likeness (QED) is 0.781. The summed E-state index contributed by atoms with van der Waals surface area (Å²) in [5, 5.41) is 14.2. The molecule has 0 radical (unpaired) electrons. The van der Waals surface area contributed by atoms with Gasteiger partial charge in [0.2, 0.25) is 0 Å². The molecule has 1 aliphatic carbocycles. The van der Waals surface area contributed by atoms with Crippen molar-refractivity contribution in [1.29, 1.82) is 0 Å². The monoisotopic (exact) mass is 283 g/mol. The van der Waals surface area contributed by atoms with E-state index in [1.54, 1.807) is 12.2 Å². The Morgan fingerprint density at radius 1 is 1.14 bits per heavy atom. The lowest BCUT2D eigenvalue weighted by molar-refractivity contribution is 0.00394. The highest BCUT2D eigenvalue weighted by atomic mass is 16.3. The molecule has 112 valence electrons. The summed E-state index contributed by atoms with van der Waals surface area (Å²) < 4.78 is 0. The average molecular weight is 283 g/mol. The van der Waals surface area contributed by atoms with Crippen molar-refractivity contribution in [1.82, 2.24) is 5.32 Å². The van der Waals surface area contributed by atoms with E-state index in [0.717, 1.165) is 32.1 Å². The molecule has 0 aromatic heterocycles. The zero-order chi connectivity index (χ0) is 15.1. The van der Waals surface area contributed by atoms with E-state index in [9.17, 15) is 5.11 Å². The number of allylic oxidation sites excluding steroid dienone is 2. The Labute approximate surface area is 128 Å². The standard InChI is InChI=1S/C19H25NO/c1-3-5-7-10-16-11-8-14-19(20-16)15-9-13-18(21)17(19)12-6-4-2/h1-2,5-7,12,16-18,20-21H,8-11,13-15H2/b7-5-,12-6+. The van der Waals surface area contributed by atoms with Crippen LogP contribution in [0.2, 0.25) is 0 Å². The van der Waals surface area contributed by atoms with Crippen LogP contribution in [0.15, 0.2) is 24.3 Å². The summed E-state index contributed by atoms with van der Waals surface area (Å²) in [5.41, 5.74) is -0.00207. The van der Waals surface area contributed by atoms with Crippen molar-refractivity contribution < 1.29 is 5.11 Å². The molecule has 1 saturated heterocycles. The first-order valence-corrected chi connectivity index (χ1v) is 7.91. The third kappa shape index (κ3) is 3.79. The van der Waals surface area contributed by atoms with Gasteiger partial charge < -0.3 is 10.4 Å². The molecule has 1 aliphatic heterocycles. The summed E-state index contributed by atoms with van der Waals surface area (Å²) in [6.07, 6.45) is 25.4. The van der Waals surface area contributed by atoms with Gasteiger partial charge in [-0.15, -0.1) is 12.8 Å². The van der Waals surface area contributed by atoms with Gasteiger partial charge in [0.15, 0.2) is 0 Å². The van der Waals surface area contributed by atoms with Crippen molar-refractivity contribution in [3.63, 3.8) is 0 Å². The first-order valence-electron chi connectivity index (χ1n) is 7.91. The molecule has 2 N–H and O–H groups in total. The first-order chi connectivity index (χ1) is 10.2. The lowest BCUT2D eigenvalue weighted by Crippen LogP contribution is -2.61. The second-order valence-corrected chi connectivity index (χ2v) is 6.21. The Kier molecular flexibility index (Phi) is 5.68. The van der Waals surface area contributed by atoms with Crippen LogP contribution in [0.3, 0.4) is 0 Å². The van der Waals surface area contributed by atoms with E-state index in [0.29, 0.717) is 6.04 Å². The zero-order valence-corrected chi connectivity index (χ0v) is 12.6. The largest absolute Gasteiger partial charge is 0.392 e. The van der Waals surface area contributed by atoms with E-state index in [2.05, 4.69) is 23.2 Å². The van der Waals surface area contributed by atoms with Crippen LogP contribution in [0.5, 0.6) is 0 Å². The summed E-state index contributed by atoms with van der Waals surface area (Å²) in [5.74, 6) is 5.21. The number of rotatable bonds is 3. The van der Waals surface area contributed by atoms with Crippen molar-refractivity contribution in [3.05, 3.63) is 24.3 Å². The van der Waals surface area contributed by atoms with Crippen molar-refractivity contribution in [2.75, 3.05) is 0 Å². The fraction of sp³-hybridized carbons (Fsp3) is 0.579. The number of aliphatic hydroxyl groups is 1.